The minimum absolute atomic E-state index is 0.229. The third kappa shape index (κ3) is 4.49. The zero-order valence-corrected chi connectivity index (χ0v) is 14.5. The van der Waals surface area contributed by atoms with Crippen LogP contribution in [-0.4, -0.2) is 12.7 Å². The molecule has 124 valence electrons. The highest BCUT2D eigenvalue weighted by Gasteiger charge is 2.24. The van der Waals surface area contributed by atoms with Crippen LogP contribution in [0.2, 0.25) is 0 Å². The van der Waals surface area contributed by atoms with E-state index in [-0.39, 0.29) is 6.61 Å². The zero-order valence-electron chi connectivity index (χ0n) is 13.6. The average molecular weight is 342 g/mol. The van der Waals surface area contributed by atoms with Crippen molar-refractivity contribution >= 4 is 23.8 Å². The van der Waals surface area contributed by atoms with Crippen molar-refractivity contribution in [3.8, 4) is 0 Å². The molecule has 0 aliphatic rings. The van der Waals surface area contributed by atoms with Gasteiger partial charge < -0.3 is 9.30 Å². The molecule has 0 radical (unpaired) electrons. The van der Waals surface area contributed by atoms with Crippen LogP contribution < -0.4 is 10.6 Å². The van der Waals surface area contributed by atoms with Crippen molar-refractivity contribution in [1.29, 1.82) is 0 Å². The molecule has 0 bridgehead atoms. The Morgan fingerprint density at radius 2 is 1.50 bits per heavy atom. The highest BCUT2D eigenvalue weighted by Crippen LogP contribution is 2.46. The van der Waals surface area contributed by atoms with E-state index in [4.69, 9.17) is 4.74 Å². The van der Waals surface area contributed by atoms with Gasteiger partial charge in [-0.15, -0.1) is 5.11 Å². The second kappa shape index (κ2) is 8.37. The molecule has 2 aromatic carbocycles. The van der Waals surface area contributed by atoms with Crippen LogP contribution in [0, 0.1) is 0 Å². The van der Waals surface area contributed by atoms with E-state index < -0.39 is 13.2 Å². The van der Waals surface area contributed by atoms with Gasteiger partial charge in [-0.25, -0.2) is 4.79 Å². The number of nitrogens with zero attached hydrogens (tertiary/aromatic N) is 2. The fourth-order valence-corrected chi connectivity index (χ4v) is 4.56. The molecule has 0 aromatic heterocycles. The van der Waals surface area contributed by atoms with Gasteiger partial charge in [-0.3, -0.25) is 0 Å². The summed E-state index contributed by atoms with van der Waals surface area (Å²) in [6.45, 7) is 3.57. The molecule has 0 N–H and O–H groups in total. The van der Waals surface area contributed by atoms with Crippen molar-refractivity contribution in [2.24, 2.45) is 10.2 Å². The first-order valence-electron chi connectivity index (χ1n) is 7.55. The summed E-state index contributed by atoms with van der Waals surface area (Å²) in [5.74, 6) is 1.57. The summed E-state index contributed by atoms with van der Waals surface area (Å²) in [4.78, 5) is 11.3. The summed E-state index contributed by atoms with van der Waals surface area (Å²) in [6, 6.07) is 18.4. The van der Waals surface area contributed by atoms with E-state index in [9.17, 15) is 9.36 Å². The Morgan fingerprint density at radius 1 is 1.00 bits per heavy atom. The van der Waals surface area contributed by atoms with Gasteiger partial charge in [-0.1, -0.05) is 65.8 Å². The zero-order chi connectivity index (χ0) is 17.4. The Labute approximate surface area is 141 Å². The van der Waals surface area contributed by atoms with Crippen LogP contribution in [0.3, 0.4) is 0 Å². The number of ether oxygens (including phenoxy) is 1. The number of hydrogen-bond acceptors (Lipinski definition) is 4. The van der Waals surface area contributed by atoms with Crippen molar-refractivity contribution in [3.05, 3.63) is 72.2 Å². The fraction of sp³-hybridized carbons (Fsp3) is 0.167. The van der Waals surface area contributed by atoms with E-state index in [0.717, 1.165) is 0 Å². The molecule has 0 saturated carbocycles. The Kier molecular flexibility index (Phi) is 6.21. The third-order valence-electron chi connectivity index (χ3n) is 3.21. The molecular weight excluding hydrogens is 323 g/mol. The van der Waals surface area contributed by atoms with Crippen molar-refractivity contribution in [3.63, 3.8) is 0 Å². The molecule has 24 heavy (non-hydrogen) atoms. The van der Waals surface area contributed by atoms with Gasteiger partial charge in [0.1, 0.15) is 0 Å². The normalized spacial score (nSPS) is 12.3. The van der Waals surface area contributed by atoms with Crippen LogP contribution in [0.1, 0.15) is 13.8 Å². The van der Waals surface area contributed by atoms with Crippen molar-refractivity contribution in [2.75, 3.05) is 6.61 Å². The highest BCUT2D eigenvalue weighted by atomic mass is 31.2. The second-order valence-electron chi connectivity index (χ2n) is 5.00. The number of hydrogen-bond donors (Lipinski definition) is 0. The smallest absolute Gasteiger partial charge is 0.447 e. The summed E-state index contributed by atoms with van der Waals surface area (Å²) >= 11 is 0. The number of benzene rings is 2. The largest absolute Gasteiger partial charge is 0.452 e. The van der Waals surface area contributed by atoms with Gasteiger partial charge in [-0.05, 0) is 13.8 Å². The third-order valence-corrected chi connectivity index (χ3v) is 6.07. The monoisotopic (exact) mass is 342 g/mol. The SMILES string of the molecule is CCOC(=O)N=N/C(C)=C\P(=O)(c1ccccc1)c1ccccc1. The number of carbonyl (C=O) groups is 1. The van der Waals surface area contributed by atoms with Crippen molar-refractivity contribution in [2.45, 2.75) is 13.8 Å². The quantitative estimate of drug-likeness (QED) is 0.595. The fourth-order valence-electron chi connectivity index (χ4n) is 2.16. The van der Waals surface area contributed by atoms with E-state index in [1.165, 1.54) is 0 Å². The summed E-state index contributed by atoms with van der Waals surface area (Å²) in [6.07, 6.45) is -0.764. The van der Waals surface area contributed by atoms with Gasteiger partial charge >= 0.3 is 6.09 Å². The Hall–Kier alpha value is -2.52. The number of azo groups is 1. The maximum absolute atomic E-state index is 13.7. The lowest BCUT2D eigenvalue weighted by molar-refractivity contribution is 0.161. The summed E-state index contributed by atoms with van der Waals surface area (Å²) in [5.41, 5.74) is 0.388. The van der Waals surface area contributed by atoms with Gasteiger partial charge in [-0.2, -0.15) is 0 Å². The van der Waals surface area contributed by atoms with Gasteiger partial charge in [0.05, 0.1) is 12.3 Å². The molecule has 0 fully saturated rings. The van der Waals surface area contributed by atoms with Gasteiger partial charge in [0, 0.05) is 16.4 Å². The molecule has 0 unspecified atom stereocenters. The molecule has 0 aliphatic heterocycles. The minimum atomic E-state index is -3.02. The molecule has 0 atom stereocenters. The maximum atomic E-state index is 13.7. The standard InChI is InChI=1S/C18H19N2O3P/c1-3-23-18(21)20-19-15(2)14-24(22,16-10-6-4-7-11-16)17-12-8-5-9-13-17/h4-14H,3H2,1-2H3/b15-14-,20-19?. The topological polar surface area (TPSA) is 68.1 Å². The lowest BCUT2D eigenvalue weighted by Gasteiger charge is -2.15. The first-order valence-corrected chi connectivity index (χ1v) is 9.33. The first kappa shape index (κ1) is 17.8. The Bertz CT molecular complexity index is 743. The predicted octanol–water partition coefficient (Wildman–Crippen LogP) is 4.47. The first-order chi connectivity index (χ1) is 11.6. The number of carbonyl (C=O) groups excluding carboxylic acids is 1. The van der Waals surface area contributed by atoms with Gasteiger partial charge in [0.2, 0.25) is 0 Å². The van der Waals surface area contributed by atoms with E-state index in [1.807, 2.05) is 60.7 Å². The van der Waals surface area contributed by atoms with Gasteiger partial charge in [0.25, 0.3) is 0 Å². The number of amides is 1. The van der Waals surface area contributed by atoms with E-state index in [2.05, 4.69) is 10.2 Å². The average Bonchev–Trinajstić information content (AvgIpc) is 2.62. The minimum Gasteiger partial charge on any atom is -0.447 e. The molecular formula is C18H19N2O3P. The molecule has 6 heteroatoms. The molecule has 2 aromatic rings. The molecule has 0 aliphatic carbocycles. The predicted molar refractivity (Wildman–Crippen MR) is 95.4 cm³/mol. The lowest BCUT2D eigenvalue weighted by Crippen LogP contribution is -2.14. The summed E-state index contributed by atoms with van der Waals surface area (Å²) in [7, 11) is -3.02. The van der Waals surface area contributed by atoms with E-state index in [0.29, 0.717) is 16.3 Å². The molecule has 2 rings (SSSR count). The number of allylic oxidation sites excluding steroid dienone is 1. The van der Waals surface area contributed by atoms with Crippen LogP contribution in [0.15, 0.2) is 82.4 Å². The van der Waals surface area contributed by atoms with Gasteiger partial charge in [0.15, 0.2) is 7.14 Å². The van der Waals surface area contributed by atoms with E-state index in [1.54, 1.807) is 19.7 Å². The highest BCUT2D eigenvalue weighted by molar-refractivity contribution is 7.81. The Balaban J connectivity index is 2.43. The number of rotatable bonds is 5. The van der Waals surface area contributed by atoms with E-state index >= 15 is 0 Å². The second-order valence-corrected chi connectivity index (χ2v) is 7.61. The lowest BCUT2D eigenvalue weighted by atomic mass is 10.4. The van der Waals surface area contributed by atoms with Crippen molar-refractivity contribution < 1.29 is 14.1 Å². The molecule has 0 heterocycles. The molecule has 0 spiro atoms. The Morgan fingerprint density at radius 3 is 1.96 bits per heavy atom. The maximum Gasteiger partial charge on any atom is 0.452 e. The van der Waals surface area contributed by atoms with Crippen LogP contribution in [-0.2, 0) is 9.30 Å². The van der Waals surface area contributed by atoms with Crippen LogP contribution in [0.25, 0.3) is 0 Å². The summed E-state index contributed by atoms with van der Waals surface area (Å²) in [5, 5.41) is 8.67. The van der Waals surface area contributed by atoms with Crippen molar-refractivity contribution in [1.82, 2.24) is 0 Å². The van der Waals surface area contributed by atoms with Crippen LogP contribution in [0.5, 0.6) is 0 Å². The summed E-state index contributed by atoms with van der Waals surface area (Å²) < 4.78 is 18.4. The molecule has 0 saturated heterocycles. The molecule has 5 nitrogen and oxygen atoms in total. The van der Waals surface area contributed by atoms with Crippen LogP contribution in [0.4, 0.5) is 4.79 Å². The van der Waals surface area contributed by atoms with Crippen LogP contribution >= 0.6 is 7.14 Å². The molecule has 1 amide bonds.